The average molecular weight is 338 g/mol. The molecular formula is C18H18N4O3. The zero-order valence-electron chi connectivity index (χ0n) is 14.1. The summed E-state index contributed by atoms with van der Waals surface area (Å²) in [7, 11) is 2.75. The number of nitrogens with one attached hydrogen (secondary N) is 1. The van der Waals surface area contributed by atoms with E-state index in [4.69, 9.17) is 0 Å². The number of rotatable bonds is 3. The summed E-state index contributed by atoms with van der Waals surface area (Å²) in [6.07, 6.45) is 0. The van der Waals surface area contributed by atoms with Gasteiger partial charge in [0.15, 0.2) is 0 Å². The van der Waals surface area contributed by atoms with Gasteiger partial charge in [-0.25, -0.2) is 4.79 Å². The second kappa shape index (κ2) is 6.27. The van der Waals surface area contributed by atoms with Crippen LogP contribution in [-0.4, -0.2) is 20.0 Å². The fourth-order valence-corrected chi connectivity index (χ4v) is 2.67. The summed E-state index contributed by atoms with van der Waals surface area (Å²) in [6.45, 7) is 1.60. The number of nitrogens with zero attached hydrogens (tertiary/aromatic N) is 3. The third-order valence-electron chi connectivity index (χ3n) is 4.13. The van der Waals surface area contributed by atoms with Gasteiger partial charge < -0.3 is 5.11 Å². The molecule has 128 valence electrons. The van der Waals surface area contributed by atoms with Crippen LogP contribution >= 0.6 is 0 Å². The van der Waals surface area contributed by atoms with Crippen LogP contribution in [0.2, 0.25) is 0 Å². The summed E-state index contributed by atoms with van der Waals surface area (Å²) in [5.74, 6) is -0.408. The molecule has 7 nitrogen and oxygen atoms in total. The molecule has 2 aromatic carbocycles. The van der Waals surface area contributed by atoms with Crippen LogP contribution in [0.1, 0.15) is 12.5 Å². The molecule has 0 amide bonds. The minimum Gasteiger partial charge on any atom is -0.494 e. The number of hydrogen-bond acceptors (Lipinski definition) is 5. The molecule has 0 spiro atoms. The molecule has 0 bridgehead atoms. The maximum absolute atomic E-state index is 12.3. The van der Waals surface area contributed by atoms with Crippen LogP contribution in [0.4, 0.5) is 5.69 Å². The van der Waals surface area contributed by atoms with Crippen molar-refractivity contribution in [1.29, 1.82) is 0 Å². The van der Waals surface area contributed by atoms with Gasteiger partial charge in [0.1, 0.15) is 5.56 Å². The second-order valence-electron chi connectivity index (χ2n) is 5.74. The molecule has 0 aliphatic rings. The number of anilines is 1. The predicted molar refractivity (Wildman–Crippen MR) is 98.4 cm³/mol. The summed E-state index contributed by atoms with van der Waals surface area (Å²) < 4.78 is 1.94. The Kier molecular flexibility index (Phi) is 4.14. The molecule has 0 unspecified atom stereocenters. The Labute approximate surface area is 143 Å². The summed E-state index contributed by atoms with van der Waals surface area (Å²) in [5, 5.41) is 16.4. The van der Waals surface area contributed by atoms with Crippen LogP contribution in [0.5, 0.6) is 5.88 Å². The molecule has 0 aliphatic heterocycles. The van der Waals surface area contributed by atoms with Gasteiger partial charge in [-0.3, -0.25) is 19.4 Å². The van der Waals surface area contributed by atoms with E-state index >= 15 is 0 Å². The van der Waals surface area contributed by atoms with Crippen molar-refractivity contribution in [1.82, 2.24) is 9.13 Å². The molecule has 0 saturated heterocycles. The first-order chi connectivity index (χ1) is 11.9. The Morgan fingerprint density at radius 2 is 1.72 bits per heavy atom. The summed E-state index contributed by atoms with van der Waals surface area (Å²) >= 11 is 0. The fourth-order valence-electron chi connectivity index (χ4n) is 2.67. The van der Waals surface area contributed by atoms with Gasteiger partial charge in [0.05, 0.1) is 11.4 Å². The van der Waals surface area contributed by atoms with Crippen LogP contribution in [0.25, 0.3) is 10.8 Å². The Balaban J connectivity index is 2.06. The maximum Gasteiger partial charge on any atom is 0.333 e. The van der Waals surface area contributed by atoms with E-state index in [1.165, 1.54) is 14.1 Å². The average Bonchev–Trinajstić information content (AvgIpc) is 2.63. The van der Waals surface area contributed by atoms with E-state index in [0.717, 1.165) is 25.6 Å². The van der Waals surface area contributed by atoms with Crippen molar-refractivity contribution in [2.75, 3.05) is 5.43 Å². The topological polar surface area (TPSA) is 88.6 Å². The first-order valence-electron chi connectivity index (χ1n) is 7.69. The molecule has 0 radical (unpaired) electrons. The molecule has 3 rings (SSSR count). The molecule has 0 aliphatic carbocycles. The molecule has 25 heavy (non-hydrogen) atoms. The first-order valence-corrected chi connectivity index (χ1v) is 7.69. The minimum atomic E-state index is -0.596. The van der Waals surface area contributed by atoms with E-state index in [1.54, 1.807) is 6.92 Å². The van der Waals surface area contributed by atoms with Crippen LogP contribution in [0, 0.1) is 0 Å². The van der Waals surface area contributed by atoms with Crippen molar-refractivity contribution >= 4 is 22.2 Å². The van der Waals surface area contributed by atoms with Crippen molar-refractivity contribution in [3.05, 3.63) is 68.9 Å². The Morgan fingerprint density at radius 1 is 1.04 bits per heavy atom. The summed E-state index contributed by atoms with van der Waals surface area (Å²) in [6, 6.07) is 13.6. The van der Waals surface area contributed by atoms with Gasteiger partial charge in [0.25, 0.3) is 5.56 Å². The normalized spacial score (nSPS) is 11.7. The van der Waals surface area contributed by atoms with Gasteiger partial charge in [-0.1, -0.05) is 36.4 Å². The SMILES string of the molecule is C/C(=N\Nc1cccc2ccccc12)c1c(O)n(C)c(=O)n(C)c1=O. The Morgan fingerprint density at radius 3 is 2.48 bits per heavy atom. The van der Waals surface area contributed by atoms with Crippen molar-refractivity contribution < 1.29 is 5.11 Å². The van der Waals surface area contributed by atoms with Crippen molar-refractivity contribution in [2.45, 2.75) is 6.92 Å². The van der Waals surface area contributed by atoms with E-state index in [-0.39, 0.29) is 11.3 Å². The van der Waals surface area contributed by atoms with Crippen LogP contribution in [0.3, 0.4) is 0 Å². The van der Waals surface area contributed by atoms with Gasteiger partial charge in [-0.05, 0) is 18.4 Å². The van der Waals surface area contributed by atoms with Gasteiger partial charge in [0, 0.05) is 19.5 Å². The molecule has 0 fully saturated rings. The highest BCUT2D eigenvalue weighted by Crippen LogP contribution is 2.23. The Bertz CT molecular complexity index is 1100. The highest BCUT2D eigenvalue weighted by molar-refractivity contribution is 6.01. The van der Waals surface area contributed by atoms with Crippen LogP contribution < -0.4 is 16.7 Å². The van der Waals surface area contributed by atoms with E-state index in [2.05, 4.69) is 10.5 Å². The van der Waals surface area contributed by atoms with Gasteiger partial charge in [0.2, 0.25) is 5.88 Å². The van der Waals surface area contributed by atoms with E-state index < -0.39 is 17.1 Å². The van der Waals surface area contributed by atoms with Gasteiger partial charge >= 0.3 is 5.69 Å². The third-order valence-corrected chi connectivity index (χ3v) is 4.13. The molecule has 7 heteroatoms. The lowest BCUT2D eigenvalue weighted by Crippen LogP contribution is -2.39. The molecule has 1 heterocycles. The lowest BCUT2D eigenvalue weighted by atomic mass is 10.1. The number of hydrazone groups is 1. The number of aromatic hydroxyl groups is 1. The van der Waals surface area contributed by atoms with Crippen molar-refractivity contribution in [3.8, 4) is 5.88 Å². The molecular weight excluding hydrogens is 320 g/mol. The standard InChI is InChI=1S/C18H18N4O3/c1-11(15-16(23)21(2)18(25)22(3)17(15)24)19-20-14-10-6-8-12-7-4-5-9-13(12)14/h4-10,20,23H,1-3H3/b19-11+. The lowest BCUT2D eigenvalue weighted by molar-refractivity contribution is 0.410. The first kappa shape index (κ1) is 16.5. The maximum atomic E-state index is 12.3. The van der Waals surface area contributed by atoms with Crippen molar-refractivity contribution in [3.63, 3.8) is 0 Å². The summed E-state index contributed by atoms with van der Waals surface area (Å²) in [4.78, 5) is 24.1. The second-order valence-corrected chi connectivity index (χ2v) is 5.74. The number of fused-ring (bicyclic) bond motifs is 1. The van der Waals surface area contributed by atoms with E-state index in [0.29, 0.717) is 0 Å². The molecule has 3 aromatic rings. The summed E-state index contributed by atoms with van der Waals surface area (Å²) in [5.41, 5.74) is 2.78. The van der Waals surface area contributed by atoms with E-state index in [9.17, 15) is 14.7 Å². The molecule has 1 aromatic heterocycles. The smallest absolute Gasteiger partial charge is 0.333 e. The van der Waals surface area contributed by atoms with E-state index in [1.807, 2.05) is 42.5 Å². The lowest BCUT2D eigenvalue weighted by Gasteiger charge is -2.11. The fraction of sp³-hybridized carbons (Fsp3) is 0.167. The number of benzene rings is 2. The quantitative estimate of drug-likeness (QED) is 0.563. The molecule has 0 saturated carbocycles. The largest absolute Gasteiger partial charge is 0.494 e. The van der Waals surface area contributed by atoms with Crippen LogP contribution in [-0.2, 0) is 14.1 Å². The highest BCUT2D eigenvalue weighted by Gasteiger charge is 2.17. The predicted octanol–water partition coefficient (Wildman–Crippen LogP) is 1.78. The highest BCUT2D eigenvalue weighted by atomic mass is 16.3. The zero-order valence-corrected chi connectivity index (χ0v) is 14.1. The Hall–Kier alpha value is -3.35. The molecule has 2 N–H and O–H groups in total. The number of hydrogen-bond donors (Lipinski definition) is 2. The third kappa shape index (κ3) is 2.80. The van der Waals surface area contributed by atoms with Gasteiger partial charge in [-0.2, -0.15) is 5.10 Å². The zero-order chi connectivity index (χ0) is 18.1. The van der Waals surface area contributed by atoms with Gasteiger partial charge in [-0.15, -0.1) is 0 Å². The monoisotopic (exact) mass is 338 g/mol. The van der Waals surface area contributed by atoms with Crippen molar-refractivity contribution in [2.24, 2.45) is 19.2 Å². The minimum absolute atomic E-state index is 0.0164. The van der Waals surface area contributed by atoms with Crippen LogP contribution in [0.15, 0.2) is 57.2 Å². The number of aromatic nitrogens is 2. The molecule has 0 atom stereocenters.